The summed E-state index contributed by atoms with van der Waals surface area (Å²) < 4.78 is 0. The molecule has 0 aromatic carbocycles. The van der Waals surface area contributed by atoms with Gasteiger partial charge in [-0.25, -0.2) is 4.98 Å². The van der Waals surface area contributed by atoms with Gasteiger partial charge in [-0.1, -0.05) is 26.2 Å². The number of rotatable bonds is 6. The van der Waals surface area contributed by atoms with E-state index in [1.165, 1.54) is 17.8 Å². The third kappa shape index (κ3) is 5.03. The molecule has 1 aromatic heterocycles. The Morgan fingerprint density at radius 1 is 1.39 bits per heavy atom. The zero-order valence-electron chi connectivity index (χ0n) is 14.3. The Kier molecular flexibility index (Phi) is 6.57. The third-order valence-corrected chi connectivity index (χ3v) is 5.42. The molecule has 1 aliphatic rings. The van der Waals surface area contributed by atoms with Crippen molar-refractivity contribution in [3.05, 3.63) is 11.1 Å². The minimum Gasteiger partial charge on any atom is -0.330 e. The first-order valence-electron chi connectivity index (χ1n) is 8.53. The van der Waals surface area contributed by atoms with E-state index in [1.807, 2.05) is 26.2 Å². The quantitative estimate of drug-likeness (QED) is 0.863. The maximum absolute atomic E-state index is 12.8. The van der Waals surface area contributed by atoms with Crippen molar-refractivity contribution in [3.63, 3.8) is 0 Å². The first-order chi connectivity index (χ1) is 11.0. The molecule has 0 radical (unpaired) electrons. The van der Waals surface area contributed by atoms with Gasteiger partial charge < -0.3 is 10.2 Å². The third-order valence-electron chi connectivity index (χ3n) is 4.54. The van der Waals surface area contributed by atoms with Crippen molar-refractivity contribution in [2.45, 2.75) is 65.3 Å². The zero-order valence-corrected chi connectivity index (χ0v) is 15.1. The number of aromatic nitrogens is 1. The highest BCUT2D eigenvalue weighted by molar-refractivity contribution is 7.13. The largest absolute Gasteiger partial charge is 0.330 e. The van der Waals surface area contributed by atoms with Crippen molar-refractivity contribution in [2.75, 3.05) is 11.9 Å². The average molecular weight is 337 g/mol. The second kappa shape index (κ2) is 8.43. The molecule has 2 rings (SSSR count). The molecule has 1 heterocycles. The van der Waals surface area contributed by atoms with Crippen LogP contribution in [-0.2, 0) is 9.59 Å². The van der Waals surface area contributed by atoms with Gasteiger partial charge in [-0.3, -0.25) is 9.59 Å². The number of anilines is 1. The van der Waals surface area contributed by atoms with Gasteiger partial charge in [0.15, 0.2) is 5.13 Å². The lowest BCUT2D eigenvalue weighted by molar-refractivity contribution is -0.141. The Labute approximate surface area is 142 Å². The van der Waals surface area contributed by atoms with Crippen LogP contribution in [-0.4, -0.2) is 34.3 Å². The van der Waals surface area contributed by atoms with Crippen LogP contribution in [0, 0.1) is 12.8 Å². The Bertz CT molecular complexity index is 538. The van der Waals surface area contributed by atoms with Crippen LogP contribution >= 0.6 is 11.3 Å². The van der Waals surface area contributed by atoms with E-state index in [9.17, 15) is 9.59 Å². The lowest BCUT2D eigenvalue weighted by atomic mass is 9.88. The van der Waals surface area contributed by atoms with E-state index in [4.69, 9.17) is 0 Å². The van der Waals surface area contributed by atoms with E-state index in [0.29, 0.717) is 5.13 Å². The first-order valence-corrected chi connectivity index (χ1v) is 9.41. The molecule has 6 heteroatoms. The minimum atomic E-state index is -0.163. The van der Waals surface area contributed by atoms with Crippen molar-refractivity contribution < 1.29 is 9.59 Å². The molecule has 2 amide bonds. The molecule has 1 aromatic rings. The van der Waals surface area contributed by atoms with Crippen LogP contribution in [0.2, 0.25) is 0 Å². The number of hydrogen-bond acceptors (Lipinski definition) is 4. The fraction of sp³-hybridized carbons (Fsp3) is 0.706. The highest BCUT2D eigenvalue weighted by Gasteiger charge is 2.29. The number of nitrogens with one attached hydrogen (secondary N) is 1. The molecule has 1 fully saturated rings. The van der Waals surface area contributed by atoms with Crippen molar-refractivity contribution >= 4 is 28.3 Å². The molecular weight excluding hydrogens is 310 g/mol. The lowest BCUT2D eigenvalue weighted by Crippen LogP contribution is -2.46. The van der Waals surface area contributed by atoms with E-state index in [-0.39, 0.29) is 30.3 Å². The zero-order chi connectivity index (χ0) is 16.8. The number of carbonyl (C=O) groups excluding carboxylic acids is 2. The molecule has 0 saturated heterocycles. The number of nitrogens with zero attached hydrogens (tertiary/aromatic N) is 2. The summed E-state index contributed by atoms with van der Waals surface area (Å²) in [5.41, 5.74) is 0.891. The number of thiazole rings is 1. The Morgan fingerprint density at radius 3 is 2.65 bits per heavy atom. The van der Waals surface area contributed by atoms with Crippen molar-refractivity contribution in [2.24, 2.45) is 5.92 Å². The minimum absolute atomic E-state index is 0.0770. The fourth-order valence-electron chi connectivity index (χ4n) is 2.98. The summed E-state index contributed by atoms with van der Waals surface area (Å²) in [5.74, 6) is 0.0704. The molecule has 1 N–H and O–H groups in total. The van der Waals surface area contributed by atoms with Gasteiger partial charge in [-0.05, 0) is 33.1 Å². The SMILES string of the molecule is CC[C@@H](C)N(CC(=O)Nc1nc(C)cs1)C(=O)C1CCCCC1. The van der Waals surface area contributed by atoms with Crippen molar-refractivity contribution in [1.82, 2.24) is 9.88 Å². The number of carbonyl (C=O) groups is 2. The van der Waals surface area contributed by atoms with Crippen LogP contribution in [0.15, 0.2) is 5.38 Å². The van der Waals surface area contributed by atoms with Crippen molar-refractivity contribution in [3.8, 4) is 0 Å². The normalized spacial score (nSPS) is 16.8. The van der Waals surface area contributed by atoms with Gasteiger partial charge in [-0.15, -0.1) is 11.3 Å². The summed E-state index contributed by atoms with van der Waals surface area (Å²) >= 11 is 1.41. The number of amides is 2. The summed E-state index contributed by atoms with van der Waals surface area (Å²) in [5, 5.41) is 5.30. The molecule has 23 heavy (non-hydrogen) atoms. The van der Waals surface area contributed by atoms with E-state index < -0.39 is 0 Å². The predicted molar refractivity (Wildman–Crippen MR) is 93.5 cm³/mol. The summed E-state index contributed by atoms with van der Waals surface area (Å²) in [6, 6.07) is 0.0770. The van der Waals surface area contributed by atoms with Gasteiger partial charge in [0.25, 0.3) is 0 Å². The average Bonchev–Trinajstić information content (AvgIpc) is 2.97. The maximum Gasteiger partial charge on any atom is 0.245 e. The molecule has 1 saturated carbocycles. The van der Waals surface area contributed by atoms with E-state index >= 15 is 0 Å². The molecule has 1 atom stereocenters. The van der Waals surface area contributed by atoms with Gasteiger partial charge >= 0.3 is 0 Å². The van der Waals surface area contributed by atoms with Crippen LogP contribution in [0.3, 0.4) is 0 Å². The van der Waals surface area contributed by atoms with E-state index in [1.54, 1.807) is 4.90 Å². The second-order valence-corrected chi connectivity index (χ2v) is 7.26. The lowest BCUT2D eigenvalue weighted by Gasteiger charge is -2.32. The molecular formula is C17H27N3O2S. The van der Waals surface area contributed by atoms with Crippen LogP contribution in [0.4, 0.5) is 5.13 Å². The molecule has 1 aliphatic carbocycles. The molecule has 0 unspecified atom stereocenters. The summed E-state index contributed by atoms with van der Waals surface area (Å²) in [6.07, 6.45) is 6.22. The highest BCUT2D eigenvalue weighted by atomic mass is 32.1. The Morgan fingerprint density at radius 2 is 2.09 bits per heavy atom. The van der Waals surface area contributed by atoms with Gasteiger partial charge in [0.05, 0.1) is 5.69 Å². The smallest absolute Gasteiger partial charge is 0.245 e. The maximum atomic E-state index is 12.8. The molecule has 5 nitrogen and oxygen atoms in total. The molecule has 0 aliphatic heterocycles. The summed E-state index contributed by atoms with van der Waals surface area (Å²) in [6.45, 7) is 6.07. The van der Waals surface area contributed by atoms with Crippen LogP contribution in [0.5, 0.6) is 0 Å². The second-order valence-electron chi connectivity index (χ2n) is 6.40. The van der Waals surface area contributed by atoms with E-state index in [0.717, 1.165) is 37.8 Å². The van der Waals surface area contributed by atoms with Gasteiger partial charge in [0.2, 0.25) is 11.8 Å². The topological polar surface area (TPSA) is 62.3 Å². The standard InChI is InChI=1S/C17H27N3O2S/c1-4-13(3)20(16(22)14-8-6-5-7-9-14)10-15(21)19-17-18-12(2)11-23-17/h11,13-14H,4-10H2,1-3H3,(H,18,19,21)/t13-/m1/s1. The van der Waals surface area contributed by atoms with Crippen LogP contribution < -0.4 is 5.32 Å². The van der Waals surface area contributed by atoms with Crippen LogP contribution in [0.25, 0.3) is 0 Å². The molecule has 0 spiro atoms. The number of aryl methyl sites for hydroxylation is 1. The molecule has 0 bridgehead atoms. The highest BCUT2D eigenvalue weighted by Crippen LogP contribution is 2.26. The van der Waals surface area contributed by atoms with Gasteiger partial charge in [-0.2, -0.15) is 0 Å². The fourth-order valence-corrected chi connectivity index (χ4v) is 3.68. The van der Waals surface area contributed by atoms with Gasteiger partial charge in [0, 0.05) is 17.3 Å². The Balaban J connectivity index is 1.99. The molecule has 128 valence electrons. The number of hydrogen-bond donors (Lipinski definition) is 1. The summed E-state index contributed by atoms with van der Waals surface area (Å²) in [7, 11) is 0. The van der Waals surface area contributed by atoms with Gasteiger partial charge in [0.1, 0.15) is 6.54 Å². The first kappa shape index (κ1) is 17.9. The van der Waals surface area contributed by atoms with Crippen molar-refractivity contribution in [1.29, 1.82) is 0 Å². The predicted octanol–water partition coefficient (Wildman–Crippen LogP) is 3.60. The van der Waals surface area contributed by atoms with Crippen LogP contribution in [0.1, 0.15) is 58.1 Å². The van der Waals surface area contributed by atoms with E-state index in [2.05, 4.69) is 10.3 Å². The Hall–Kier alpha value is -1.43. The monoisotopic (exact) mass is 337 g/mol. The summed E-state index contributed by atoms with van der Waals surface area (Å²) in [4.78, 5) is 31.1.